The SMILES string of the molecule is CN(Cc1ccccc1)[C@@H]1CCCN(Cc2cccc3nonc23)C1. The molecule has 1 saturated heterocycles. The van der Waals surface area contributed by atoms with E-state index in [-0.39, 0.29) is 0 Å². The maximum absolute atomic E-state index is 4.89. The molecule has 5 heteroatoms. The van der Waals surface area contributed by atoms with Gasteiger partial charge in [-0.15, -0.1) is 0 Å². The Kier molecular flexibility index (Phi) is 4.76. The molecule has 25 heavy (non-hydrogen) atoms. The highest BCUT2D eigenvalue weighted by Gasteiger charge is 2.24. The van der Waals surface area contributed by atoms with Gasteiger partial charge in [0, 0.05) is 25.7 Å². The van der Waals surface area contributed by atoms with Crippen molar-refractivity contribution < 1.29 is 4.63 Å². The fourth-order valence-corrected chi connectivity index (χ4v) is 3.77. The quantitative estimate of drug-likeness (QED) is 0.715. The Balaban J connectivity index is 1.41. The van der Waals surface area contributed by atoms with Gasteiger partial charge in [0.1, 0.15) is 11.0 Å². The van der Waals surface area contributed by atoms with Crippen molar-refractivity contribution in [3.63, 3.8) is 0 Å². The average Bonchev–Trinajstić information content (AvgIpc) is 3.13. The molecule has 0 spiro atoms. The van der Waals surface area contributed by atoms with Gasteiger partial charge in [0.2, 0.25) is 0 Å². The minimum Gasteiger partial charge on any atom is -0.298 e. The fraction of sp³-hybridized carbons (Fsp3) is 0.400. The minimum absolute atomic E-state index is 0.587. The molecule has 2 aromatic carbocycles. The molecule has 0 saturated carbocycles. The van der Waals surface area contributed by atoms with Gasteiger partial charge < -0.3 is 0 Å². The van der Waals surface area contributed by atoms with Gasteiger partial charge in [-0.25, -0.2) is 4.63 Å². The van der Waals surface area contributed by atoms with E-state index >= 15 is 0 Å². The lowest BCUT2D eigenvalue weighted by molar-refractivity contribution is 0.107. The van der Waals surface area contributed by atoms with Crippen molar-refractivity contribution in [3.05, 3.63) is 59.7 Å². The van der Waals surface area contributed by atoms with E-state index in [4.69, 9.17) is 4.63 Å². The van der Waals surface area contributed by atoms with Crippen LogP contribution < -0.4 is 0 Å². The zero-order chi connectivity index (χ0) is 17.1. The van der Waals surface area contributed by atoms with E-state index in [2.05, 4.69) is 63.6 Å². The molecule has 0 radical (unpaired) electrons. The van der Waals surface area contributed by atoms with Crippen LogP contribution in [0.5, 0.6) is 0 Å². The molecule has 1 aromatic heterocycles. The zero-order valence-corrected chi connectivity index (χ0v) is 14.6. The van der Waals surface area contributed by atoms with Gasteiger partial charge in [-0.3, -0.25) is 9.80 Å². The molecular formula is C20H24N4O. The fourth-order valence-electron chi connectivity index (χ4n) is 3.77. The molecule has 0 N–H and O–H groups in total. The second-order valence-electron chi connectivity index (χ2n) is 6.98. The number of hydrogen-bond acceptors (Lipinski definition) is 5. The standard InChI is InChI=1S/C20H24N4O/c1-23(13-16-7-3-2-4-8-16)18-10-6-12-24(15-18)14-17-9-5-11-19-20(17)22-25-21-19/h2-5,7-9,11,18H,6,10,12-15H2,1H3/t18-/m1/s1. The van der Waals surface area contributed by atoms with Crippen LogP contribution in [0.4, 0.5) is 0 Å². The van der Waals surface area contributed by atoms with E-state index in [1.807, 2.05) is 12.1 Å². The highest BCUT2D eigenvalue weighted by atomic mass is 16.6. The zero-order valence-electron chi connectivity index (χ0n) is 14.6. The summed E-state index contributed by atoms with van der Waals surface area (Å²) in [5.74, 6) is 0. The van der Waals surface area contributed by atoms with E-state index in [1.54, 1.807) is 0 Å². The molecule has 4 rings (SSSR count). The molecule has 0 unspecified atom stereocenters. The van der Waals surface area contributed by atoms with Crippen LogP contribution in [0.1, 0.15) is 24.0 Å². The summed E-state index contributed by atoms with van der Waals surface area (Å²) in [6, 6.07) is 17.4. The molecule has 0 aliphatic carbocycles. The third-order valence-electron chi connectivity index (χ3n) is 5.14. The number of benzene rings is 2. The van der Waals surface area contributed by atoms with Crippen LogP contribution in [-0.2, 0) is 13.1 Å². The number of likely N-dealkylation sites (tertiary alicyclic amines) is 1. The first-order valence-corrected chi connectivity index (χ1v) is 8.96. The molecule has 0 amide bonds. The van der Waals surface area contributed by atoms with Crippen molar-refractivity contribution in [1.29, 1.82) is 0 Å². The van der Waals surface area contributed by atoms with Crippen LogP contribution in [0.3, 0.4) is 0 Å². The van der Waals surface area contributed by atoms with E-state index in [9.17, 15) is 0 Å². The lowest BCUT2D eigenvalue weighted by atomic mass is 10.0. The summed E-state index contributed by atoms with van der Waals surface area (Å²) in [5, 5.41) is 8.02. The maximum Gasteiger partial charge on any atom is 0.139 e. The normalized spacial score (nSPS) is 18.9. The Morgan fingerprint density at radius 1 is 1.12 bits per heavy atom. The highest BCUT2D eigenvalue weighted by molar-refractivity contribution is 5.76. The van der Waals surface area contributed by atoms with Gasteiger partial charge in [-0.05, 0) is 53.9 Å². The summed E-state index contributed by atoms with van der Waals surface area (Å²) in [6.45, 7) is 4.13. The lowest BCUT2D eigenvalue weighted by Crippen LogP contribution is -2.45. The first-order valence-electron chi connectivity index (χ1n) is 8.96. The molecule has 5 nitrogen and oxygen atoms in total. The Bertz CT molecular complexity index is 817. The van der Waals surface area contributed by atoms with Crippen molar-refractivity contribution >= 4 is 11.0 Å². The molecular weight excluding hydrogens is 312 g/mol. The van der Waals surface area contributed by atoms with Crippen LogP contribution in [0.15, 0.2) is 53.2 Å². The molecule has 1 atom stereocenters. The lowest BCUT2D eigenvalue weighted by Gasteiger charge is -2.37. The summed E-state index contributed by atoms with van der Waals surface area (Å²) in [7, 11) is 2.24. The first-order chi connectivity index (χ1) is 12.3. The Morgan fingerprint density at radius 3 is 2.88 bits per heavy atom. The summed E-state index contributed by atoms with van der Waals surface area (Å²) >= 11 is 0. The third-order valence-corrected chi connectivity index (χ3v) is 5.14. The van der Waals surface area contributed by atoms with Crippen molar-refractivity contribution in [1.82, 2.24) is 20.1 Å². The molecule has 0 bridgehead atoms. The van der Waals surface area contributed by atoms with Gasteiger partial charge in [0.15, 0.2) is 0 Å². The van der Waals surface area contributed by atoms with E-state index in [0.717, 1.165) is 37.2 Å². The molecule has 3 aromatic rings. The molecule has 2 heterocycles. The number of likely N-dealkylation sites (N-methyl/N-ethyl adjacent to an activating group) is 1. The number of aromatic nitrogens is 2. The second-order valence-corrected chi connectivity index (χ2v) is 6.98. The number of hydrogen-bond donors (Lipinski definition) is 0. The smallest absolute Gasteiger partial charge is 0.139 e. The molecule has 1 aliphatic rings. The Labute approximate surface area is 148 Å². The number of nitrogens with zero attached hydrogens (tertiary/aromatic N) is 4. The topological polar surface area (TPSA) is 45.4 Å². The van der Waals surface area contributed by atoms with Crippen LogP contribution in [-0.4, -0.2) is 46.3 Å². The summed E-state index contributed by atoms with van der Waals surface area (Å²) < 4.78 is 4.89. The van der Waals surface area contributed by atoms with Crippen LogP contribution in [0.25, 0.3) is 11.0 Å². The Hall–Kier alpha value is -2.24. The summed E-state index contributed by atoms with van der Waals surface area (Å²) in [6.07, 6.45) is 2.49. The van der Waals surface area contributed by atoms with E-state index in [0.29, 0.717) is 6.04 Å². The predicted octanol–water partition coefficient (Wildman–Crippen LogP) is 3.32. The largest absolute Gasteiger partial charge is 0.298 e. The number of fused-ring (bicyclic) bond motifs is 1. The van der Waals surface area contributed by atoms with E-state index in [1.165, 1.54) is 24.0 Å². The summed E-state index contributed by atoms with van der Waals surface area (Å²) in [4.78, 5) is 5.01. The van der Waals surface area contributed by atoms with E-state index < -0.39 is 0 Å². The third kappa shape index (κ3) is 3.72. The van der Waals surface area contributed by atoms with Crippen molar-refractivity contribution in [2.45, 2.75) is 32.0 Å². The van der Waals surface area contributed by atoms with Gasteiger partial charge in [0.05, 0.1) is 0 Å². The monoisotopic (exact) mass is 336 g/mol. The van der Waals surface area contributed by atoms with Crippen molar-refractivity contribution in [2.75, 3.05) is 20.1 Å². The second kappa shape index (κ2) is 7.33. The van der Waals surface area contributed by atoms with Gasteiger partial charge in [0.25, 0.3) is 0 Å². The van der Waals surface area contributed by atoms with Crippen molar-refractivity contribution in [2.24, 2.45) is 0 Å². The number of rotatable bonds is 5. The predicted molar refractivity (Wildman–Crippen MR) is 98.0 cm³/mol. The van der Waals surface area contributed by atoms with Crippen molar-refractivity contribution in [3.8, 4) is 0 Å². The van der Waals surface area contributed by atoms with Crippen LogP contribution in [0.2, 0.25) is 0 Å². The Morgan fingerprint density at radius 2 is 2.00 bits per heavy atom. The maximum atomic E-state index is 4.89. The van der Waals surface area contributed by atoms with Gasteiger partial charge in [-0.2, -0.15) is 0 Å². The van der Waals surface area contributed by atoms with Crippen LogP contribution in [0, 0.1) is 0 Å². The summed E-state index contributed by atoms with van der Waals surface area (Å²) in [5.41, 5.74) is 4.31. The first kappa shape index (κ1) is 16.2. The minimum atomic E-state index is 0.587. The average molecular weight is 336 g/mol. The molecule has 1 fully saturated rings. The van der Waals surface area contributed by atoms with Gasteiger partial charge >= 0.3 is 0 Å². The number of piperidine rings is 1. The van der Waals surface area contributed by atoms with Crippen LogP contribution >= 0.6 is 0 Å². The molecule has 1 aliphatic heterocycles. The van der Waals surface area contributed by atoms with Gasteiger partial charge in [-0.1, -0.05) is 42.5 Å². The molecule has 130 valence electrons. The highest BCUT2D eigenvalue weighted by Crippen LogP contribution is 2.21.